The maximum atomic E-state index is 8.34. The summed E-state index contributed by atoms with van der Waals surface area (Å²) in [7, 11) is 5.21. The molecule has 0 saturated carbocycles. The molecule has 1 saturated heterocycles. The van der Waals surface area contributed by atoms with E-state index in [4.69, 9.17) is 26.5 Å². The Balaban J connectivity index is 2.24. The second-order valence-corrected chi connectivity index (χ2v) is 5.24. The fraction of sp³-hybridized carbons (Fsp3) is 0.500. The number of benzene rings is 1. The van der Waals surface area contributed by atoms with E-state index >= 15 is 0 Å². The molecule has 0 spiro atoms. The number of ether oxygens (including phenoxy) is 2. The SMILES string of the molecule is COc1cc(C(=N)N2CCN(C)CC2)cc(Cl)c1OC. The number of nitrogens with one attached hydrogen (secondary N) is 1. The van der Waals surface area contributed by atoms with E-state index in [1.165, 1.54) is 0 Å². The van der Waals surface area contributed by atoms with E-state index in [2.05, 4.69) is 16.8 Å². The van der Waals surface area contributed by atoms with E-state index < -0.39 is 0 Å². The summed E-state index contributed by atoms with van der Waals surface area (Å²) in [4.78, 5) is 4.31. The number of likely N-dealkylation sites (N-methyl/N-ethyl adjacent to an activating group) is 1. The van der Waals surface area contributed by atoms with Gasteiger partial charge in [0.1, 0.15) is 5.84 Å². The van der Waals surface area contributed by atoms with Crippen LogP contribution in [0.1, 0.15) is 5.56 Å². The van der Waals surface area contributed by atoms with Gasteiger partial charge in [-0.15, -0.1) is 0 Å². The van der Waals surface area contributed by atoms with Gasteiger partial charge in [-0.25, -0.2) is 0 Å². The topological polar surface area (TPSA) is 48.8 Å². The van der Waals surface area contributed by atoms with Crippen molar-refractivity contribution in [2.24, 2.45) is 0 Å². The van der Waals surface area contributed by atoms with E-state index in [0.29, 0.717) is 22.4 Å². The number of rotatable bonds is 3. The first-order valence-corrected chi connectivity index (χ1v) is 6.88. The zero-order valence-electron chi connectivity index (χ0n) is 12.1. The van der Waals surface area contributed by atoms with Gasteiger partial charge in [-0.3, -0.25) is 5.41 Å². The Bertz CT molecular complexity index is 499. The molecule has 5 nitrogen and oxygen atoms in total. The largest absolute Gasteiger partial charge is 0.493 e. The highest BCUT2D eigenvalue weighted by atomic mass is 35.5. The van der Waals surface area contributed by atoms with Crippen LogP contribution in [0.15, 0.2) is 12.1 Å². The molecule has 110 valence electrons. The first kappa shape index (κ1) is 14.9. The quantitative estimate of drug-likeness (QED) is 0.684. The molecule has 1 aromatic rings. The Hall–Kier alpha value is -1.46. The molecule has 0 radical (unpaired) electrons. The Morgan fingerprint density at radius 2 is 1.80 bits per heavy atom. The Morgan fingerprint density at radius 3 is 2.35 bits per heavy atom. The van der Waals surface area contributed by atoms with Crippen LogP contribution in [0.2, 0.25) is 5.02 Å². The third-order valence-corrected chi connectivity index (χ3v) is 3.81. The van der Waals surface area contributed by atoms with E-state index in [-0.39, 0.29) is 0 Å². The highest BCUT2D eigenvalue weighted by molar-refractivity contribution is 6.32. The van der Waals surface area contributed by atoms with Gasteiger partial charge >= 0.3 is 0 Å². The molecule has 1 aromatic carbocycles. The predicted molar refractivity (Wildman–Crippen MR) is 80.5 cm³/mol. The van der Waals surface area contributed by atoms with Crippen LogP contribution in [0.3, 0.4) is 0 Å². The summed E-state index contributed by atoms with van der Waals surface area (Å²) < 4.78 is 10.5. The minimum absolute atomic E-state index is 0.459. The number of methoxy groups -OCH3 is 2. The summed E-state index contributed by atoms with van der Waals surface area (Å²) in [5.74, 6) is 1.53. The summed E-state index contributed by atoms with van der Waals surface area (Å²) in [6, 6.07) is 3.55. The Kier molecular flexibility index (Phi) is 4.73. The lowest BCUT2D eigenvalue weighted by atomic mass is 10.1. The Morgan fingerprint density at radius 1 is 1.15 bits per heavy atom. The monoisotopic (exact) mass is 297 g/mol. The van der Waals surface area contributed by atoms with E-state index in [9.17, 15) is 0 Å². The van der Waals surface area contributed by atoms with Gasteiger partial charge in [0, 0.05) is 31.7 Å². The average molecular weight is 298 g/mol. The zero-order chi connectivity index (χ0) is 14.7. The molecular formula is C14H20ClN3O2. The molecule has 0 bridgehead atoms. The van der Waals surface area contributed by atoms with Gasteiger partial charge in [-0.1, -0.05) is 11.6 Å². The number of nitrogens with zero attached hydrogens (tertiary/aromatic N) is 2. The van der Waals surface area contributed by atoms with Crippen molar-refractivity contribution >= 4 is 17.4 Å². The third-order valence-electron chi connectivity index (χ3n) is 3.53. The summed E-state index contributed by atoms with van der Waals surface area (Å²) in [6.07, 6.45) is 0. The van der Waals surface area contributed by atoms with Gasteiger partial charge in [0.15, 0.2) is 11.5 Å². The highest BCUT2D eigenvalue weighted by Gasteiger charge is 2.20. The van der Waals surface area contributed by atoms with Crippen molar-refractivity contribution in [2.75, 3.05) is 47.4 Å². The van der Waals surface area contributed by atoms with Crippen molar-refractivity contribution in [3.8, 4) is 11.5 Å². The lowest BCUT2D eigenvalue weighted by Gasteiger charge is -2.34. The van der Waals surface area contributed by atoms with Gasteiger partial charge in [0.05, 0.1) is 19.2 Å². The molecule has 1 aliphatic rings. The number of amidine groups is 1. The zero-order valence-corrected chi connectivity index (χ0v) is 12.8. The van der Waals surface area contributed by atoms with Crippen LogP contribution in [0.25, 0.3) is 0 Å². The maximum Gasteiger partial charge on any atom is 0.179 e. The van der Waals surface area contributed by atoms with E-state index in [1.807, 2.05) is 0 Å². The Labute approximate surface area is 124 Å². The molecule has 2 rings (SSSR count). The van der Waals surface area contributed by atoms with Gasteiger partial charge in [-0.05, 0) is 19.2 Å². The van der Waals surface area contributed by atoms with Crippen molar-refractivity contribution in [1.29, 1.82) is 5.41 Å². The molecule has 0 aromatic heterocycles. The maximum absolute atomic E-state index is 8.34. The van der Waals surface area contributed by atoms with Crippen molar-refractivity contribution in [2.45, 2.75) is 0 Å². The van der Waals surface area contributed by atoms with Crippen LogP contribution in [0.5, 0.6) is 11.5 Å². The first-order chi connectivity index (χ1) is 9.56. The van der Waals surface area contributed by atoms with Crippen molar-refractivity contribution in [3.05, 3.63) is 22.7 Å². The lowest BCUT2D eigenvalue weighted by Crippen LogP contribution is -2.47. The second-order valence-electron chi connectivity index (χ2n) is 4.83. The smallest absolute Gasteiger partial charge is 0.179 e. The number of halogens is 1. The third kappa shape index (κ3) is 2.99. The minimum Gasteiger partial charge on any atom is -0.493 e. The fourth-order valence-electron chi connectivity index (χ4n) is 2.27. The number of hydrogen-bond donors (Lipinski definition) is 1. The van der Waals surface area contributed by atoms with Gasteiger partial charge in [0.25, 0.3) is 0 Å². The highest BCUT2D eigenvalue weighted by Crippen LogP contribution is 2.36. The molecule has 0 amide bonds. The number of piperazine rings is 1. The molecule has 20 heavy (non-hydrogen) atoms. The number of hydrogen-bond acceptors (Lipinski definition) is 4. The molecule has 1 aliphatic heterocycles. The average Bonchev–Trinajstić information content (AvgIpc) is 2.46. The predicted octanol–water partition coefficient (Wildman–Crippen LogP) is 1.93. The van der Waals surface area contributed by atoms with Crippen LogP contribution in [0, 0.1) is 5.41 Å². The fourth-order valence-corrected chi connectivity index (χ4v) is 2.56. The molecule has 1 fully saturated rings. The minimum atomic E-state index is 0.459. The van der Waals surface area contributed by atoms with Crippen LogP contribution < -0.4 is 9.47 Å². The van der Waals surface area contributed by atoms with Crippen LogP contribution >= 0.6 is 11.6 Å². The van der Waals surface area contributed by atoms with Crippen LogP contribution in [-0.4, -0.2) is 63.1 Å². The van der Waals surface area contributed by atoms with Gasteiger partial charge in [-0.2, -0.15) is 0 Å². The van der Waals surface area contributed by atoms with Crippen molar-refractivity contribution in [1.82, 2.24) is 9.80 Å². The lowest BCUT2D eigenvalue weighted by molar-refractivity contribution is 0.215. The van der Waals surface area contributed by atoms with Gasteiger partial charge < -0.3 is 19.3 Å². The molecular weight excluding hydrogens is 278 g/mol. The first-order valence-electron chi connectivity index (χ1n) is 6.50. The summed E-state index contributed by atoms with van der Waals surface area (Å²) in [5, 5.41) is 8.80. The van der Waals surface area contributed by atoms with E-state index in [1.54, 1.807) is 26.4 Å². The molecule has 0 aliphatic carbocycles. The molecule has 1 N–H and O–H groups in total. The molecule has 1 heterocycles. The molecule has 6 heteroatoms. The van der Waals surface area contributed by atoms with Crippen molar-refractivity contribution < 1.29 is 9.47 Å². The summed E-state index contributed by atoms with van der Waals surface area (Å²) >= 11 is 6.19. The molecule has 0 atom stereocenters. The van der Waals surface area contributed by atoms with Gasteiger partial charge in [0.2, 0.25) is 0 Å². The standard InChI is InChI=1S/C14H20ClN3O2/c1-17-4-6-18(7-5-17)14(16)10-8-11(15)13(20-3)12(9-10)19-2/h8-9,16H,4-7H2,1-3H3. The second kappa shape index (κ2) is 6.33. The normalized spacial score (nSPS) is 16.1. The molecule has 0 unspecified atom stereocenters. The van der Waals surface area contributed by atoms with Crippen LogP contribution in [-0.2, 0) is 0 Å². The van der Waals surface area contributed by atoms with E-state index in [0.717, 1.165) is 31.7 Å². The van der Waals surface area contributed by atoms with Crippen molar-refractivity contribution in [3.63, 3.8) is 0 Å². The summed E-state index contributed by atoms with van der Waals surface area (Å²) in [5.41, 5.74) is 0.747. The van der Waals surface area contributed by atoms with Crippen LogP contribution in [0.4, 0.5) is 0 Å². The summed E-state index contributed by atoms with van der Waals surface area (Å²) in [6.45, 7) is 3.62.